The Bertz CT molecular complexity index is 1190. The fourth-order valence-corrected chi connectivity index (χ4v) is 4.78. The van der Waals surface area contributed by atoms with Gasteiger partial charge in [-0.05, 0) is 36.1 Å². The van der Waals surface area contributed by atoms with Gasteiger partial charge in [0.15, 0.2) is 11.5 Å². The van der Waals surface area contributed by atoms with Crippen molar-refractivity contribution >= 4 is 44.5 Å². The van der Waals surface area contributed by atoms with Gasteiger partial charge in [0.05, 0.1) is 19.7 Å². The van der Waals surface area contributed by atoms with Crippen LogP contribution in [0.4, 0.5) is 11.8 Å². The van der Waals surface area contributed by atoms with Crippen LogP contribution in [0.25, 0.3) is 10.9 Å². The van der Waals surface area contributed by atoms with Crippen molar-refractivity contribution in [3.05, 3.63) is 46.4 Å². The lowest BCUT2D eigenvalue weighted by molar-refractivity contribution is -0.133. The molecule has 2 unspecified atom stereocenters. The van der Waals surface area contributed by atoms with Crippen molar-refractivity contribution < 1.29 is 14.3 Å². The highest BCUT2D eigenvalue weighted by Gasteiger charge is 2.46. The number of ether oxygens (including phenoxy) is 2. The van der Waals surface area contributed by atoms with E-state index >= 15 is 0 Å². The van der Waals surface area contributed by atoms with Gasteiger partial charge in [-0.15, -0.1) is 0 Å². The number of amides is 1. The number of rotatable bonds is 5. The second-order valence-corrected chi connectivity index (χ2v) is 9.36. The fraction of sp³-hybridized carbons (Fsp3) is 0.375. The highest BCUT2D eigenvalue weighted by atomic mass is 79.9. The third-order valence-corrected chi connectivity index (χ3v) is 7.03. The van der Waals surface area contributed by atoms with E-state index < -0.39 is 0 Å². The second-order valence-electron chi connectivity index (χ2n) is 8.45. The Kier molecular flexibility index (Phi) is 5.74. The summed E-state index contributed by atoms with van der Waals surface area (Å²) in [6.45, 7) is 2.63. The minimum atomic E-state index is 0.0905. The van der Waals surface area contributed by atoms with E-state index in [9.17, 15) is 4.79 Å². The van der Waals surface area contributed by atoms with E-state index in [2.05, 4.69) is 37.9 Å². The Hall–Kier alpha value is -3.07. The molecular weight excluding hydrogens is 486 g/mol. The van der Waals surface area contributed by atoms with Crippen molar-refractivity contribution in [3.63, 3.8) is 0 Å². The third-order valence-electron chi connectivity index (χ3n) is 6.50. The van der Waals surface area contributed by atoms with E-state index in [-0.39, 0.29) is 11.8 Å². The molecule has 1 saturated carbocycles. The van der Waals surface area contributed by atoms with Gasteiger partial charge in [-0.2, -0.15) is 4.98 Å². The predicted molar refractivity (Wildman–Crippen MR) is 131 cm³/mol. The first-order chi connectivity index (χ1) is 16.0. The maximum absolute atomic E-state index is 13.0. The van der Waals surface area contributed by atoms with Crippen molar-refractivity contribution in [1.82, 2.24) is 14.9 Å². The molecule has 1 aliphatic carbocycles. The highest BCUT2D eigenvalue weighted by molar-refractivity contribution is 9.10. The van der Waals surface area contributed by atoms with Crippen LogP contribution in [0, 0.1) is 5.92 Å². The number of aromatic nitrogens is 2. The molecular formula is C24H26BrN5O3. The van der Waals surface area contributed by atoms with E-state index in [1.165, 1.54) is 5.56 Å². The molecule has 33 heavy (non-hydrogen) atoms. The number of anilines is 2. The Morgan fingerprint density at radius 2 is 1.70 bits per heavy atom. The summed E-state index contributed by atoms with van der Waals surface area (Å²) >= 11 is 3.47. The van der Waals surface area contributed by atoms with Gasteiger partial charge >= 0.3 is 0 Å². The lowest BCUT2D eigenvalue weighted by Gasteiger charge is -2.35. The first-order valence-electron chi connectivity index (χ1n) is 11.0. The quantitative estimate of drug-likeness (QED) is 0.560. The van der Waals surface area contributed by atoms with Gasteiger partial charge < -0.3 is 25.0 Å². The Morgan fingerprint density at radius 3 is 2.36 bits per heavy atom. The van der Waals surface area contributed by atoms with Crippen LogP contribution in [0.5, 0.6) is 11.5 Å². The number of fused-ring (bicyclic) bond motifs is 1. The number of carbonyl (C=O) groups excluding carboxylic acids is 1. The molecule has 2 atom stereocenters. The first kappa shape index (κ1) is 21.8. The molecule has 0 radical (unpaired) electrons. The van der Waals surface area contributed by atoms with Crippen molar-refractivity contribution in [3.8, 4) is 11.5 Å². The number of piperazine rings is 1. The minimum absolute atomic E-state index is 0.0905. The zero-order chi connectivity index (χ0) is 23.1. The fourth-order valence-electron chi connectivity index (χ4n) is 4.52. The van der Waals surface area contributed by atoms with E-state index in [0.717, 1.165) is 16.3 Å². The van der Waals surface area contributed by atoms with Crippen LogP contribution in [0.1, 0.15) is 17.9 Å². The molecule has 2 aromatic carbocycles. The normalized spacial score (nSPS) is 20.1. The Morgan fingerprint density at radius 1 is 1.03 bits per heavy atom. The van der Waals surface area contributed by atoms with Crippen molar-refractivity contribution in [2.45, 2.75) is 12.3 Å². The molecule has 1 saturated heterocycles. The largest absolute Gasteiger partial charge is 0.493 e. The highest BCUT2D eigenvalue weighted by Crippen LogP contribution is 2.48. The van der Waals surface area contributed by atoms with Crippen LogP contribution < -0.4 is 20.1 Å². The summed E-state index contributed by atoms with van der Waals surface area (Å²) < 4.78 is 11.8. The predicted octanol–water partition coefficient (Wildman–Crippen LogP) is 3.44. The molecule has 172 valence electrons. The number of nitrogens with two attached hydrogens (primary N) is 1. The standard InChI is InChI=1S/C24H26BrN5O3/c1-32-20-12-18-19(13-21(20)33-2)27-24(28-22(18)26)30-9-7-29(8-10-30)23(31)17-11-16(17)14-3-5-15(25)6-4-14/h3-6,12-13,16-17H,7-11H2,1-2H3,(H2,26,27,28). The van der Waals surface area contributed by atoms with Gasteiger partial charge in [0.25, 0.3) is 0 Å². The lowest BCUT2D eigenvalue weighted by Crippen LogP contribution is -2.49. The van der Waals surface area contributed by atoms with Crippen LogP contribution in [-0.2, 0) is 4.79 Å². The van der Waals surface area contributed by atoms with Gasteiger partial charge in [0, 0.05) is 48.0 Å². The number of carbonyl (C=O) groups is 1. The molecule has 3 aromatic rings. The van der Waals surface area contributed by atoms with Crippen LogP contribution in [0.3, 0.4) is 0 Å². The number of benzene rings is 2. The molecule has 2 heterocycles. The van der Waals surface area contributed by atoms with Crippen LogP contribution in [0.2, 0.25) is 0 Å². The van der Waals surface area contributed by atoms with Gasteiger partial charge in [-0.3, -0.25) is 4.79 Å². The number of nitrogens with zero attached hydrogens (tertiary/aromatic N) is 4. The number of hydrogen-bond acceptors (Lipinski definition) is 7. The summed E-state index contributed by atoms with van der Waals surface area (Å²) in [6.07, 6.45) is 0.927. The van der Waals surface area contributed by atoms with Crippen LogP contribution in [0.15, 0.2) is 40.9 Å². The van der Waals surface area contributed by atoms with Gasteiger partial charge in [0.2, 0.25) is 11.9 Å². The summed E-state index contributed by atoms with van der Waals surface area (Å²) in [7, 11) is 3.17. The molecule has 0 bridgehead atoms. The average Bonchev–Trinajstić information content (AvgIpc) is 3.64. The minimum Gasteiger partial charge on any atom is -0.493 e. The molecule has 0 spiro atoms. The van der Waals surface area contributed by atoms with Crippen molar-refractivity contribution in [1.29, 1.82) is 0 Å². The SMILES string of the molecule is COc1cc2nc(N3CCN(C(=O)C4CC4c4ccc(Br)cc4)CC3)nc(N)c2cc1OC. The summed E-state index contributed by atoms with van der Waals surface area (Å²) in [5.74, 6) is 2.81. The Labute approximate surface area is 200 Å². The van der Waals surface area contributed by atoms with Gasteiger partial charge in [-0.25, -0.2) is 4.98 Å². The molecule has 1 aliphatic heterocycles. The molecule has 1 aromatic heterocycles. The van der Waals surface area contributed by atoms with Crippen LogP contribution >= 0.6 is 15.9 Å². The Balaban J connectivity index is 1.26. The number of hydrogen-bond donors (Lipinski definition) is 1. The number of methoxy groups -OCH3 is 2. The number of nitrogen functional groups attached to an aromatic ring is 1. The maximum atomic E-state index is 13.0. The topological polar surface area (TPSA) is 93.8 Å². The van der Waals surface area contributed by atoms with Crippen LogP contribution in [-0.4, -0.2) is 61.2 Å². The number of halogens is 1. The summed E-state index contributed by atoms with van der Waals surface area (Å²) in [4.78, 5) is 26.3. The molecule has 9 heteroatoms. The summed E-state index contributed by atoms with van der Waals surface area (Å²) in [5, 5.41) is 0.720. The summed E-state index contributed by atoms with van der Waals surface area (Å²) in [6, 6.07) is 11.9. The molecule has 8 nitrogen and oxygen atoms in total. The third kappa shape index (κ3) is 4.17. The molecule has 2 aliphatic rings. The van der Waals surface area contributed by atoms with E-state index in [1.807, 2.05) is 23.1 Å². The zero-order valence-electron chi connectivity index (χ0n) is 18.6. The lowest BCUT2D eigenvalue weighted by atomic mass is 10.1. The maximum Gasteiger partial charge on any atom is 0.228 e. The first-order valence-corrected chi connectivity index (χ1v) is 11.8. The van der Waals surface area contributed by atoms with Gasteiger partial charge in [0.1, 0.15) is 5.82 Å². The van der Waals surface area contributed by atoms with E-state index in [0.29, 0.717) is 60.9 Å². The van der Waals surface area contributed by atoms with E-state index in [4.69, 9.17) is 20.2 Å². The van der Waals surface area contributed by atoms with Gasteiger partial charge in [-0.1, -0.05) is 28.1 Å². The molecule has 1 amide bonds. The van der Waals surface area contributed by atoms with E-state index in [1.54, 1.807) is 20.3 Å². The monoisotopic (exact) mass is 511 g/mol. The summed E-state index contributed by atoms with van der Waals surface area (Å²) in [5.41, 5.74) is 8.18. The molecule has 2 N–H and O–H groups in total. The van der Waals surface area contributed by atoms with Crippen molar-refractivity contribution in [2.24, 2.45) is 5.92 Å². The second kappa shape index (κ2) is 8.70. The zero-order valence-corrected chi connectivity index (χ0v) is 20.2. The van der Waals surface area contributed by atoms with Crippen molar-refractivity contribution in [2.75, 3.05) is 51.0 Å². The smallest absolute Gasteiger partial charge is 0.228 e. The average molecular weight is 512 g/mol. The molecule has 2 fully saturated rings. The molecule has 5 rings (SSSR count).